The summed E-state index contributed by atoms with van der Waals surface area (Å²) in [4.78, 5) is 11.5. The molecule has 5 heteroatoms. The number of nitrogens with one attached hydrogen (secondary N) is 1. The monoisotopic (exact) mass is 226 g/mol. The number of carbonyl (C=O) groups excluding carboxylic acids is 1. The van der Waals surface area contributed by atoms with Gasteiger partial charge in [0.1, 0.15) is 16.7 Å². The van der Waals surface area contributed by atoms with E-state index in [0.29, 0.717) is 0 Å². The summed E-state index contributed by atoms with van der Waals surface area (Å²) in [6.07, 6.45) is 0. The summed E-state index contributed by atoms with van der Waals surface area (Å²) in [5.41, 5.74) is 0. The van der Waals surface area contributed by atoms with Crippen molar-refractivity contribution in [3.05, 3.63) is 22.1 Å². The molecule has 3 nitrogen and oxygen atoms in total. The van der Waals surface area contributed by atoms with Gasteiger partial charge >= 0.3 is 0 Å². The topological polar surface area (TPSA) is 52.9 Å². The molecule has 1 aromatic heterocycles. The Bertz CT molecular complexity index is 394. The highest BCUT2D eigenvalue weighted by Gasteiger charge is 2.19. The third-order valence-corrected chi connectivity index (χ3v) is 2.80. The second-order valence-corrected chi connectivity index (χ2v) is 4.34. The summed E-state index contributed by atoms with van der Waals surface area (Å²) in [5, 5.41) is 12.7. The third kappa shape index (κ3) is 2.77. The zero-order valence-electron chi connectivity index (χ0n) is 8.45. The molecule has 0 saturated carbocycles. The van der Waals surface area contributed by atoms with Gasteiger partial charge in [0.2, 0.25) is 0 Å². The van der Waals surface area contributed by atoms with Gasteiger partial charge in [-0.05, 0) is 17.4 Å². The first-order chi connectivity index (χ1) is 7.06. The summed E-state index contributed by atoms with van der Waals surface area (Å²) >= 11 is 1.03. The standard InChI is InChI=1S/C10H11FN2OS/c1-6(2)8(5-12)13-10(14)9-7(11)3-4-15-9/h3-4,6,8H,1-2H3,(H,13,14)/t8-/m0/s1. The van der Waals surface area contributed by atoms with Crippen molar-refractivity contribution in [1.82, 2.24) is 5.32 Å². The van der Waals surface area contributed by atoms with Crippen LogP contribution in [0.1, 0.15) is 23.5 Å². The summed E-state index contributed by atoms with van der Waals surface area (Å²) in [6.45, 7) is 3.64. The van der Waals surface area contributed by atoms with Crippen molar-refractivity contribution in [2.75, 3.05) is 0 Å². The lowest BCUT2D eigenvalue weighted by molar-refractivity contribution is 0.0938. The van der Waals surface area contributed by atoms with E-state index < -0.39 is 17.8 Å². The highest BCUT2D eigenvalue weighted by molar-refractivity contribution is 7.12. The highest BCUT2D eigenvalue weighted by Crippen LogP contribution is 2.15. The molecule has 15 heavy (non-hydrogen) atoms. The van der Waals surface area contributed by atoms with E-state index in [-0.39, 0.29) is 10.8 Å². The Morgan fingerprint density at radius 3 is 2.73 bits per heavy atom. The molecule has 1 heterocycles. The molecule has 1 rings (SSSR count). The van der Waals surface area contributed by atoms with Crippen molar-refractivity contribution in [2.45, 2.75) is 19.9 Å². The fraction of sp³-hybridized carbons (Fsp3) is 0.400. The quantitative estimate of drug-likeness (QED) is 0.858. The van der Waals surface area contributed by atoms with Crippen molar-refractivity contribution in [1.29, 1.82) is 5.26 Å². The van der Waals surface area contributed by atoms with E-state index in [4.69, 9.17) is 5.26 Å². The van der Waals surface area contributed by atoms with Crippen molar-refractivity contribution in [3.8, 4) is 6.07 Å². The van der Waals surface area contributed by atoms with Gasteiger partial charge in [-0.2, -0.15) is 5.26 Å². The SMILES string of the molecule is CC(C)[C@H](C#N)NC(=O)c1sccc1F. The van der Waals surface area contributed by atoms with Crippen molar-refractivity contribution >= 4 is 17.2 Å². The smallest absolute Gasteiger partial charge is 0.265 e. The zero-order valence-corrected chi connectivity index (χ0v) is 9.27. The van der Waals surface area contributed by atoms with Crippen LogP contribution in [0.2, 0.25) is 0 Å². The van der Waals surface area contributed by atoms with Crippen LogP contribution < -0.4 is 5.32 Å². The Kier molecular flexibility index (Phi) is 3.81. The molecule has 0 radical (unpaired) electrons. The van der Waals surface area contributed by atoms with Crippen LogP contribution in [0.25, 0.3) is 0 Å². The molecule has 1 N–H and O–H groups in total. The van der Waals surface area contributed by atoms with Crippen molar-refractivity contribution < 1.29 is 9.18 Å². The van der Waals surface area contributed by atoms with Gasteiger partial charge in [0.05, 0.1) is 6.07 Å². The first-order valence-electron chi connectivity index (χ1n) is 4.49. The van der Waals surface area contributed by atoms with Crippen LogP contribution >= 0.6 is 11.3 Å². The van der Waals surface area contributed by atoms with E-state index in [1.807, 2.05) is 19.9 Å². The predicted octanol–water partition coefficient (Wildman–Crippen LogP) is 2.17. The van der Waals surface area contributed by atoms with Gasteiger partial charge in [0.25, 0.3) is 5.91 Å². The van der Waals surface area contributed by atoms with E-state index in [1.165, 1.54) is 11.4 Å². The maximum Gasteiger partial charge on any atom is 0.265 e. The molecule has 0 aliphatic carbocycles. The number of halogens is 1. The van der Waals surface area contributed by atoms with Crippen LogP contribution in [0.15, 0.2) is 11.4 Å². The second-order valence-electron chi connectivity index (χ2n) is 3.42. The molecule has 0 fully saturated rings. The van der Waals surface area contributed by atoms with Crippen molar-refractivity contribution in [3.63, 3.8) is 0 Å². The molecule has 0 saturated heterocycles. The summed E-state index contributed by atoms with van der Waals surface area (Å²) in [7, 11) is 0. The molecule has 0 unspecified atom stereocenters. The normalized spacial score (nSPS) is 12.2. The maximum absolute atomic E-state index is 13.0. The fourth-order valence-corrected chi connectivity index (χ4v) is 1.68. The van der Waals surface area contributed by atoms with Crippen LogP contribution in [0, 0.1) is 23.1 Å². The number of amides is 1. The molecule has 80 valence electrons. The fourth-order valence-electron chi connectivity index (χ4n) is 1.01. The van der Waals surface area contributed by atoms with Crippen LogP contribution in [0.5, 0.6) is 0 Å². The molecule has 1 amide bonds. The molecule has 1 atom stereocenters. The predicted molar refractivity (Wildman–Crippen MR) is 56.0 cm³/mol. The Morgan fingerprint density at radius 2 is 2.33 bits per heavy atom. The van der Waals surface area contributed by atoms with Crippen LogP contribution in [0.3, 0.4) is 0 Å². The van der Waals surface area contributed by atoms with E-state index >= 15 is 0 Å². The molecule has 1 aromatic rings. The van der Waals surface area contributed by atoms with Gasteiger partial charge in [0.15, 0.2) is 0 Å². The minimum absolute atomic E-state index is 0.00183. The number of rotatable bonds is 3. The minimum Gasteiger partial charge on any atom is -0.335 e. The maximum atomic E-state index is 13.0. The van der Waals surface area contributed by atoms with Crippen LogP contribution in [-0.4, -0.2) is 11.9 Å². The first kappa shape index (κ1) is 11.7. The first-order valence-corrected chi connectivity index (χ1v) is 5.37. The summed E-state index contributed by atoms with van der Waals surface area (Å²) in [5.74, 6) is -1.07. The molecular formula is C10H11FN2OS. The lowest BCUT2D eigenvalue weighted by atomic mass is 10.1. The molecule has 0 aliphatic rings. The lowest BCUT2D eigenvalue weighted by Gasteiger charge is -2.13. The average molecular weight is 226 g/mol. The number of carbonyl (C=O) groups is 1. The Labute approximate surface area is 91.5 Å². The number of thiophene rings is 1. The molecular weight excluding hydrogens is 215 g/mol. The van der Waals surface area contributed by atoms with Gasteiger partial charge in [-0.3, -0.25) is 4.79 Å². The van der Waals surface area contributed by atoms with Gasteiger partial charge in [-0.15, -0.1) is 11.3 Å². The minimum atomic E-state index is -0.584. The average Bonchev–Trinajstić information content (AvgIpc) is 2.60. The number of nitriles is 1. The van der Waals surface area contributed by atoms with E-state index in [0.717, 1.165) is 11.3 Å². The summed E-state index contributed by atoms with van der Waals surface area (Å²) < 4.78 is 13.0. The van der Waals surface area contributed by atoms with Crippen molar-refractivity contribution in [2.24, 2.45) is 5.92 Å². The number of nitrogens with zero attached hydrogens (tertiary/aromatic N) is 1. The highest BCUT2D eigenvalue weighted by atomic mass is 32.1. The van der Waals surface area contributed by atoms with E-state index in [9.17, 15) is 9.18 Å². The van der Waals surface area contributed by atoms with Gasteiger partial charge in [-0.1, -0.05) is 13.8 Å². The molecule has 0 spiro atoms. The Balaban J connectivity index is 2.72. The largest absolute Gasteiger partial charge is 0.335 e. The molecule has 0 aliphatic heterocycles. The van der Waals surface area contributed by atoms with Gasteiger partial charge in [-0.25, -0.2) is 4.39 Å². The number of hydrogen-bond donors (Lipinski definition) is 1. The van der Waals surface area contributed by atoms with Gasteiger partial charge < -0.3 is 5.32 Å². The zero-order chi connectivity index (χ0) is 11.4. The lowest BCUT2D eigenvalue weighted by Crippen LogP contribution is -2.37. The number of hydrogen-bond acceptors (Lipinski definition) is 3. The molecule has 0 aromatic carbocycles. The second kappa shape index (κ2) is 4.89. The van der Waals surface area contributed by atoms with Crippen LogP contribution in [-0.2, 0) is 0 Å². The third-order valence-electron chi connectivity index (χ3n) is 1.92. The summed E-state index contributed by atoms with van der Waals surface area (Å²) in [6, 6.07) is 2.61. The van der Waals surface area contributed by atoms with Crippen LogP contribution in [0.4, 0.5) is 4.39 Å². The Hall–Kier alpha value is -1.41. The molecule has 0 bridgehead atoms. The van der Waals surface area contributed by atoms with E-state index in [1.54, 1.807) is 0 Å². The van der Waals surface area contributed by atoms with E-state index in [2.05, 4.69) is 5.32 Å². The van der Waals surface area contributed by atoms with Gasteiger partial charge in [0, 0.05) is 0 Å². The Morgan fingerprint density at radius 1 is 1.67 bits per heavy atom.